The number of thioether (sulfide) groups is 1. The molecule has 3 aromatic rings. The molecule has 0 amide bonds. The van der Waals surface area contributed by atoms with Gasteiger partial charge < -0.3 is 14.8 Å². The third kappa shape index (κ3) is 5.79. The molecule has 36 heavy (non-hydrogen) atoms. The molecule has 1 N–H and O–H groups in total. The van der Waals surface area contributed by atoms with Crippen molar-refractivity contribution in [3.63, 3.8) is 0 Å². The number of anilines is 1. The van der Waals surface area contributed by atoms with Crippen molar-refractivity contribution in [1.29, 1.82) is 0 Å². The number of carbonyl (C=O) groups is 1. The van der Waals surface area contributed by atoms with E-state index in [0.717, 1.165) is 22.0 Å². The van der Waals surface area contributed by atoms with Crippen LogP contribution < -0.4 is 10.1 Å². The average molecular weight is 590 g/mol. The zero-order chi connectivity index (χ0) is 25.7. The van der Waals surface area contributed by atoms with Gasteiger partial charge in [0.15, 0.2) is 0 Å². The van der Waals surface area contributed by atoms with Crippen molar-refractivity contribution in [3.8, 4) is 5.75 Å². The summed E-state index contributed by atoms with van der Waals surface area (Å²) in [4.78, 5) is 17.9. The third-order valence-corrected chi connectivity index (χ3v) is 7.18. The van der Waals surface area contributed by atoms with Crippen LogP contribution in [-0.2, 0) is 15.3 Å². The van der Waals surface area contributed by atoms with Gasteiger partial charge in [-0.05, 0) is 43.2 Å². The van der Waals surface area contributed by atoms with Crippen LogP contribution in [0.4, 0.5) is 5.95 Å². The van der Waals surface area contributed by atoms with E-state index in [4.69, 9.17) is 31.2 Å². The number of hydrogen-bond acceptors (Lipinski definition) is 7. The van der Waals surface area contributed by atoms with Crippen LogP contribution in [0.1, 0.15) is 37.4 Å². The Morgan fingerprint density at radius 3 is 2.89 bits per heavy atom. The highest BCUT2D eigenvalue weighted by Crippen LogP contribution is 2.41. The predicted molar refractivity (Wildman–Crippen MR) is 147 cm³/mol. The van der Waals surface area contributed by atoms with Crippen molar-refractivity contribution in [2.75, 3.05) is 18.5 Å². The van der Waals surface area contributed by atoms with Gasteiger partial charge in [0.05, 0.1) is 12.2 Å². The van der Waals surface area contributed by atoms with Crippen molar-refractivity contribution < 1.29 is 14.3 Å². The van der Waals surface area contributed by atoms with Gasteiger partial charge in [-0.2, -0.15) is 4.98 Å². The molecule has 2 aromatic carbocycles. The van der Waals surface area contributed by atoms with Gasteiger partial charge in [0.1, 0.15) is 18.4 Å². The lowest BCUT2D eigenvalue weighted by molar-refractivity contribution is -0.138. The second-order valence-electron chi connectivity index (χ2n) is 8.03. The molecule has 1 aliphatic heterocycles. The Labute approximate surface area is 228 Å². The van der Waals surface area contributed by atoms with Gasteiger partial charge in [0.25, 0.3) is 0 Å². The van der Waals surface area contributed by atoms with Crippen LogP contribution in [-0.4, -0.2) is 33.9 Å². The molecule has 0 bridgehead atoms. The Hall–Kier alpha value is -2.75. The summed E-state index contributed by atoms with van der Waals surface area (Å²) in [6.45, 7) is 8.17. The summed E-state index contributed by atoms with van der Waals surface area (Å²) in [5.74, 6) is 1.34. The number of hydrogen-bond donors (Lipinski definition) is 1. The number of nitrogens with one attached hydrogen (secondary N) is 1. The minimum absolute atomic E-state index is 0.100. The first-order chi connectivity index (χ1) is 17.4. The van der Waals surface area contributed by atoms with Gasteiger partial charge in [-0.25, -0.2) is 9.48 Å². The van der Waals surface area contributed by atoms with Crippen LogP contribution in [0.15, 0.2) is 76.0 Å². The molecule has 0 saturated heterocycles. The maximum atomic E-state index is 13.2. The number of halogens is 2. The Morgan fingerprint density at radius 2 is 2.14 bits per heavy atom. The normalized spacial score (nSPS) is 14.7. The highest BCUT2D eigenvalue weighted by atomic mass is 79.9. The maximum Gasteiger partial charge on any atom is 0.338 e. The number of carbonyl (C=O) groups excluding carboxylic acids is 1. The van der Waals surface area contributed by atoms with E-state index in [2.05, 4.69) is 27.8 Å². The summed E-state index contributed by atoms with van der Waals surface area (Å²) in [6.07, 6.45) is 2.39. The highest BCUT2D eigenvalue weighted by molar-refractivity contribution is 9.10. The molecule has 2 heterocycles. The first-order valence-corrected chi connectivity index (χ1v) is 13.6. The lowest BCUT2D eigenvalue weighted by atomic mass is 9.95. The molecule has 7 nitrogen and oxygen atoms in total. The van der Waals surface area contributed by atoms with E-state index in [9.17, 15) is 4.79 Å². The van der Waals surface area contributed by atoms with Gasteiger partial charge in [-0.1, -0.05) is 77.1 Å². The summed E-state index contributed by atoms with van der Waals surface area (Å²) >= 11 is 11.4. The van der Waals surface area contributed by atoms with E-state index in [1.165, 1.54) is 17.8 Å². The fraction of sp³-hybridized carbons (Fsp3) is 0.269. The summed E-state index contributed by atoms with van der Waals surface area (Å²) < 4.78 is 14.1. The van der Waals surface area contributed by atoms with E-state index in [1.54, 1.807) is 4.68 Å². The molecule has 0 radical (unpaired) electrons. The Balaban J connectivity index is 1.76. The largest absolute Gasteiger partial charge is 0.493 e. The Bertz CT molecular complexity index is 1310. The number of rotatable bonds is 10. The van der Waals surface area contributed by atoms with Crippen LogP contribution in [0.3, 0.4) is 0 Å². The zero-order valence-electron chi connectivity index (χ0n) is 20.0. The van der Waals surface area contributed by atoms with E-state index in [-0.39, 0.29) is 6.61 Å². The molecule has 188 valence electrons. The van der Waals surface area contributed by atoms with E-state index >= 15 is 0 Å². The first kappa shape index (κ1) is 26.3. The van der Waals surface area contributed by atoms with Crippen LogP contribution in [0.5, 0.6) is 5.75 Å². The molecular weight excluding hydrogens is 564 g/mol. The predicted octanol–water partition coefficient (Wildman–Crippen LogP) is 6.79. The quantitative estimate of drug-likeness (QED) is 0.158. The Morgan fingerprint density at radius 1 is 1.33 bits per heavy atom. The molecule has 0 saturated carbocycles. The SMILES string of the molecule is C=CCOC(=O)C1=C(C)Nc2nc(SCc3ccccc3Cl)nn2C1c1cc(Br)ccc1OCCC. The molecule has 1 aromatic heterocycles. The van der Waals surface area contributed by atoms with Crippen LogP contribution in [0.2, 0.25) is 5.02 Å². The molecule has 0 aliphatic carbocycles. The summed E-state index contributed by atoms with van der Waals surface area (Å²) in [5, 5.41) is 9.26. The number of ether oxygens (including phenoxy) is 2. The maximum absolute atomic E-state index is 13.2. The number of nitrogens with zero attached hydrogens (tertiary/aromatic N) is 3. The van der Waals surface area contributed by atoms with E-state index in [0.29, 0.717) is 45.5 Å². The standard InChI is InChI=1S/C26H26BrClN4O3S/c1-4-12-34-21-11-10-18(27)14-19(21)23-22(24(33)35-13-5-2)16(3)29-25-30-26(31-32(23)25)36-15-17-8-6-7-9-20(17)28/h5-11,14,23H,2,4,12-13,15H2,1,3H3,(H,29,30,31). The second-order valence-corrected chi connectivity index (χ2v) is 10.3. The summed E-state index contributed by atoms with van der Waals surface area (Å²) in [7, 11) is 0. The first-order valence-electron chi connectivity index (χ1n) is 11.4. The third-order valence-electron chi connectivity index (χ3n) is 5.43. The van der Waals surface area contributed by atoms with Gasteiger partial charge in [0, 0.05) is 26.5 Å². The second kappa shape index (κ2) is 12.0. The minimum Gasteiger partial charge on any atom is -0.493 e. The topological polar surface area (TPSA) is 78.3 Å². The lowest BCUT2D eigenvalue weighted by Gasteiger charge is -2.29. The van der Waals surface area contributed by atoms with Crippen molar-refractivity contribution in [1.82, 2.24) is 14.8 Å². The monoisotopic (exact) mass is 588 g/mol. The number of fused-ring (bicyclic) bond motifs is 1. The van der Waals surface area contributed by atoms with Crippen molar-refractivity contribution in [3.05, 3.63) is 87.0 Å². The van der Waals surface area contributed by atoms with Crippen LogP contribution >= 0.6 is 39.3 Å². The minimum atomic E-state index is -0.606. The van der Waals surface area contributed by atoms with Crippen LogP contribution in [0, 0.1) is 0 Å². The molecule has 1 atom stereocenters. The average Bonchev–Trinajstić information content (AvgIpc) is 3.27. The fourth-order valence-electron chi connectivity index (χ4n) is 3.79. The molecule has 10 heteroatoms. The van der Waals surface area contributed by atoms with Gasteiger partial charge >= 0.3 is 5.97 Å². The molecule has 1 unspecified atom stereocenters. The van der Waals surface area contributed by atoms with E-state index in [1.807, 2.05) is 56.3 Å². The van der Waals surface area contributed by atoms with Crippen LogP contribution in [0.25, 0.3) is 0 Å². The summed E-state index contributed by atoms with van der Waals surface area (Å²) in [5.41, 5.74) is 2.83. The van der Waals surface area contributed by atoms with Gasteiger partial charge in [-0.15, -0.1) is 5.10 Å². The highest BCUT2D eigenvalue weighted by Gasteiger charge is 2.37. The van der Waals surface area contributed by atoms with Gasteiger partial charge in [-0.3, -0.25) is 0 Å². The number of allylic oxidation sites excluding steroid dienone is 1. The van der Waals surface area contributed by atoms with E-state index < -0.39 is 12.0 Å². The van der Waals surface area contributed by atoms with Crippen molar-refractivity contribution in [2.45, 2.75) is 37.2 Å². The Kier molecular flexibility index (Phi) is 8.77. The summed E-state index contributed by atoms with van der Waals surface area (Å²) in [6, 6.07) is 12.8. The number of aromatic nitrogens is 3. The molecule has 1 aliphatic rings. The fourth-order valence-corrected chi connectivity index (χ4v) is 5.28. The number of benzene rings is 2. The van der Waals surface area contributed by atoms with Crippen molar-refractivity contribution >= 4 is 51.2 Å². The zero-order valence-corrected chi connectivity index (χ0v) is 23.1. The molecule has 0 fully saturated rings. The molecule has 0 spiro atoms. The molecule has 4 rings (SSSR count). The molecular formula is C26H26BrClN4O3S. The smallest absolute Gasteiger partial charge is 0.338 e. The van der Waals surface area contributed by atoms with Gasteiger partial charge in [0.2, 0.25) is 11.1 Å². The van der Waals surface area contributed by atoms with Crippen molar-refractivity contribution in [2.24, 2.45) is 0 Å². The lowest BCUT2D eigenvalue weighted by Crippen LogP contribution is -2.30. The number of esters is 1.